The number of allylic oxidation sites excluding steroid dienone is 1. The first kappa shape index (κ1) is 9.99. The molecule has 0 amide bonds. The van der Waals surface area contributed by atoms with Gasteiger partial charge in [0.25, 0.3) is 0 Å². The first-order valence-corrected chi connectivity index (χ1v) is 5.51. The summed E-state index contributed by atoms with van der Waals surface area (Å²) in [7, 11) is 0. The summed E-state index contributed by atoms with van der Waals surface area (Å²) in [6.45, 7) is 2.91. The zero-order valence-corrected chi connectivity index (χ0v) is 8.74. The predicted molar refractivity (Wildman–Crippen MR) is 54.8 cm³/mol. The molecule has 2 aliphatic heterocycles. The van der Waals surface area contributed by atoms with Gasteiger partial charge in [0, 0.05) is 0 Å². The van der Waals surface area contributed by atoms with Crippen LogP contribution in [-0.4, -0.2) is 24.9 Å². The SMILES string of the molecule is CC1CCC(C(N)C2=CCCCO2)O1. The fourth-order valence-corrected chi connectivity index (χ4v) is 2.09. The van der Waals surface area contributed by atoms with Gasteiger partial charge in [-0.25, -0.2) is 0 Å². The predicted octanol–water partition coefficient (Wildman–Crippen LogP) is 1.58. The summed E-state index contributed by atoms with van der Waals surface area (Å²) in [6, 6.07) is -0.0553. The molecule has 0 bridgehead atoms. The van der Waals surface area contributed by atoms with Crippen LogP contribution in [0.4, 0.5) is 0 Å². The minimum Gasteiger partial charge on any atom is -0.497 e. The second-order valence-corrected chi connectivity index (χ2v) is 4.19. The zero-order chi connectivity index (χ0) is 9.97. The number of ether oxygens (including phenoxy) is 2. The summed E-state index contributed by atoms with van der Waals surface area (Å²) < 4.78 is 11.3. The van der Waals surface area contributed by atoms with E-state index in [0.29, 0.717) is 6.10 Å². The van der Waals surface area contributed by atoms with Crippen molar-refractivity contribution in [1.82, 2.24) is 0 Å². The van der Waals surface area contributed by atoms with E-state index >= 15 is 0 Å². The molecule has 2 aliphatic rings. The summed E-state index contributed by atoms with van der Waals surface area (Å²) in [6.07, 6.45) is 7.00. The standard InChI is InChI=1S/C11H19NO2/c1-8-5-6-10(14-8)11(12)9-4-2-3-7-13-9/h4,8,10-11H,2-3,5-7,12H2,1H3. The summed E-state index contributed by atoms with van der Waals surface area (Å²) in [5.74, 6) is 0.940. The van der Waals surface area contributed by atoms with Gasteiger partial charge in [0.2, 0.25) is 0 Å². The highest BCUT2D eigenvalue weighted by Gasteiger charge is 2.30. The third kappa shape index (κ3) is 2.10. The van der Waals surface area contributed by atoms with Gasteiger partial charge >= 0.3 is 0 Å². The monoisotopic (exact) mass is 197 g/mol. The fourth-order valence-electron chi connectivity index (χ4n) is 2.09. The topological polar surface area (TPSA) is 44.5 Å². The van der Waals surface area contributed by atoms with Crippen LogP contribution in [0.2, 0.25) is 0 Å². The Bertz CT molecular complexity index is 227. The van der Waals surface area contributed by atoms with Gasteiger partial charge in [-0.2, -0.15) is 0 Å². The molecule has 3 unspecified atom stereocenters. The Morgan fingerprint density at radius 2 is 2.36 bits per heavy atom. The molecule has 0 aliphatic carbocycles. The first-order chi connectivity index (χ1) is 6.77. The minimum atomic E-state index is -0.0553. The van der Waals surface area contributed by atoms with Crippen LogP contribution in [-0.2, 0) is 9.47 Å². The van der Waals surface area contributed by atoms with Gasteiger partial charge in [0.1, 0.15) is 5.76 Å². The second kappa shape index (κ2) is 4.32. The molecular weight excluding hydrogens is 178 g/mol. The van der Waals surface area contributed by atoms with E-state index in [-0.39, 0.29) is 12.1 Å². The number of rotatable bonds is 2. The Labute approximate surface area is 85.3 Å². The van der Waals surface area contributed by atoms with Crippen molar-refractivity contribution in [1.29, 1.82) is 0 Å². The number of hydrogen-bond donors (Lipinski definition) is 1. The van der Waals surface area contributed by atoms with Crippen molar-refractivity contribution in [2.45, 2.75) is 50.9 Å². The number of hydrogen-bond acceptors (Lipinski definition) is 3. The summed E-state index contributed by atoms with van der Waals surface area (Å²) >= 11 is 0. The van der Waals surface area contributed by atoms with Gasteiger partial charge in [-0.1, -0.05) is 0 Å². The maximum absolute atomic E-state index is 6.10. The van der Waals surface area contributed by atoms with E-state index in [1.54, 1.807) is 0 Å². The third-order valence-electron chi connectivity index (χ3n) is 2.96. The van der Waals surface area contributed by atoms with Gasteiger partial charge in [0.05, 0.1) is 24.9 Å². The quantitative estimate of drug-likeness (QED) is 0.731. The normalized spacial score (nSPS) is 34.9. The van der Waals surface area contributed by atoms with E-state index in [2.05, 4.69) is 13.0 Å². The maximum Gasteiger partial charge on any atom is 0.111 e. The molecule has 0 saturated carbocycles. The van der Waals surface area contributed by atoms with Gasteiger partial charge in [-0.05, 0) is 38.7 Å². The van der Waals surface area contributed by atoms with Crippen LogP contribution in [0.3, 0.4) is 0 Å². The van der Waals surface area contributed by atoms with Crippen molar-refractivity contribution in [3.8, 4) is 0 Å². The van der Waals surface area contributed by atoms with Crippen LogP contribution >= 0.6 is 0 Å². The Kier molecular flexibility index (Phi) is 3.08. The van der Waals surface area contributed by atoms with E-state index in [9.17, 15) is 0 Å². The van der Waals surface area contributed by atoms with E-state index in [1.807, 2.05) is 0 Å². The lowest BCUT2D eigenvalue weighted by Gasteiger charge is -2.24. The molecular formula is C11H19NO2. The molecule has 0 spiro atoms. The first-order valence-electron chi connectivity index (χ1n) is 5.51. The van der Waals surface area contributed by atoms with Crippen LogP contribution in [0, 0.1) is 0 Å². The van der Waals surface area contributed by atoms with Crippen LogP contribution < -0.4 is 5.73 Å². The highest BCUT2D eigenvalue weighted by atomic mass is 16.5. The van der Waals surface area contributed by atoms with E-state index in [4.69, 9.17) is 15.2 Å². The Morgan fingerprint density at radius 1 is 1.50 bits per heavy atom. The maximum atomic E-state index is 6.10. The summed E-state index contributed by atoms with van der Waals surface area (Å²) in [4.78, 5) is 0. The molecule has 0 aromatic carbocycles. The summed E-state index contributed by atoms with van der Waals surface area (Å²) in [5.41, 5.74) is 6.10. The molecule has 1 saturated heterocycles. The zero-order valence-electron chi connectivity index (χ0n) is 8.74. The molecule has 0 aromatic rings. The van der Waals surface area contributed by atoms with E-state index in [1.165, 1.54) is 0 Å². The minimum absolute atomic E-state index is 0.0553. The number of nitrogens with two attached hydrogens (primary N) is 1. The molecule has 1 fully saturated rings. The highest BCUT2D eigenvalue weighted by molar-refractivity contribution is 5.08. The molecule has 0 radical (unpaired) electrons. The third-order valence-corrected chi connectivity index (χ3v) is 2.96. The summed E-state index contributed by atoms with van der Waals surface area (Å²) in [5, 5.41) is 0. The Hall–Kier alpha value is -0.540. The van der Waals surface area contributed by atoms with Crippen LogP contribution in [0.25, 0.3) is 0 Å². The molecule has 2 N–H and O–H groups in total. The van der Waals surface area contributed by atoms with E-state index < -0.39 is 0 Å². The van der Waals surface area contributed by atoms with Crippen LogP contribution in [0.5, 0.6) is 0 Å². The lowest BCUT2D eigenvalue weighted by atomic mass is 10.0. The molecule has 2 heterocycles. The van der Waals surface area contributed by atoms with Crippen molar-refractivity contribution in [3.05, 3.63) is 11.8 Å². The molecule has 80 valence electrons. The smallest absolute Gasteiger partial charge is 0.111 e. The van der Waals surface area contributed by atoms with Crippen molar-refractivity contribution < 1.29 is 9.47 Å². The molecule has 3 nitrogen and oxygen atoms in total. The van der Waals surface area contributed by atoms with Gasteiger partial charge in [-0.15, -0.1) is 0 Å². The molecule has 3 heteroatoms. The van der Waals surface area contributed by atoms with Gasteiger partial charge < -0.3 is 15.2 Å². The average Bonchev–Trinajstić information content (AvgIpc) is 2.65. The van der Waals surface area contributed by atoms with Gasteiger partial charge in [-0.3, -0.25) is 0 Å². The van der Waals surface area contributed by atoms with Crippen molar-refractivity contribution >= 4 is 0 Å². The second-order valence-electron chi connectivity index (χ2n) is 4.19. The fraction of sp³-hybridized carbons (Fsp3) is 0.818. The average molecular weight is 197 g/mol. The van der Waals surface area contributed by atoms with Crippen molar-refractivity contribution in [3.63, 3.8) is 0 Å². The molecule has 3 atom stereocenters. The highest BCUT2D eigenvalue weighted by Crippen LogP contribution is 2.25. The van der Waals surface area contributed by atoms with Crippen molar-refractivity contribution in [2.75, 3.05) is 6.61 Å². The Morgan fingerprint density at radius 3 is 2.93 bits per heavy atom. The largest absolute Gasteiger partial charge is 0.497 e. The van der Waals surface area contributed by atoms with Crippen LogP contribution in [0.15, 0.2) is 11.8 Å². The lowest BCUT2D eigenvalue weighted by molar-refractivity contribution is 0.0311. The Balaban J connectivity index is 1.93. The lowest BCUT2D eigenvalue weighted by Crippen LogP contribution is -2.38. The van der Waals surface area contributed by atoms with E-state index in [0.717, 1.165) is 38.0 Å². The molecule has 0 aromatic heterocycles. The van der Waals surface area contributed by atoms with Crippen molar-refractivity contribution in [2.24, 2.45) is 5.73 Å². The molecule has 14 heavy (non-hydrogen) atoms. The molecule has 2 rings (SSSR count). The van der Waals surface area contributed by atoms with Gasteiger partial charge in [0.15, 0.2) is 0 Å². The van der Waals surface area contributed by atoms with Crippen LogP contribution in [0.1, 0.15) is 32.6 Å².